The molecular weight excluding hydrogens is 494 g/mol. The van der Waals surface area contributed by atoms with E-state index in [0.29, 0.717) is 6.79 Å². The Hall–Kier alpha value is -3.00. The van der Waals surface area contributed by atoms with E-state index >= 15 is 0 Å². The number of fused-ring (bicyclic) bond motifs is 3. The van der Waals surface area contributed by atoms with Gasteiger partial charge in [0.2, 0.25) is 0 Å². The Labute approximate surface area is 231 Å². The van der Waals surface area contributed by atoms with Crippen LogP contribution in [0.15, 0.2) is 36.5 Å². The Morgan fingerprint density at radius 3 is 2.41 bits per heavy atom. The van der Waals surface area contributed by atoms with Gasteiger partial charge in [-0.1, -0.05) is 26.0 Å². The summed E-state index contributed by atoms with van der Waals surface area (Å²) in [5.41, 5.74) is 4.01. The highest BCUT2D eigenvalue weighted by atomic mass is 16.7. The number of hydrogen-bond donors (Lipinski definition) is 0. The maximum Gasteiger partial charge on any atom is 0.188 e. The summed E-state index contributed by atoms with van der Waals surface area (Å²) in [6.07, 6.45) is 9.15. The first-order valence-electron chi connectivity index (χ1n) is 13.6. The molecule has 1 aromatic heterocycles. The van der Waals surface area contributed by atoms with Crippen LogP contribution in [0.3, 0.4) is 0 Å². The lowest BCUT2D eigenvalue weighted by atomic mass is 9.57. The van der Waals surface area contributed by atoms with Gasteiger partial charge < -0.3 is 33.0 Å². The first-order chi connectivity index (χ1) is 18.7. The molecule has 0 spiro atoms. The molecule has 0 radical (unpaired) electrons. The third-order valence-corrected chi connectivity index (χ3v) is 8.68. The molecule has 0 bridgehead atoms. The van der Waals surface area contributed by atoms with Crippen LogP contribution in [0.4, 0.5) is 0 Å². The summed E-state index contributed by atoms with van der Waals surface area (Å²) in [5.74, 6) is 2.72. The zero-order chi connectivity index (χ0) is 27.8. The lowest BCUT2D eigenvalue weighted by molar-refractivity contribution is -0.185. The van der Waals surface area contributed by atoms with Crippen LogP contribution in [-0.2, 0) is 27.7 Å². The molecule has 7 heteroatoms. The van der Waals surface area contributed by atoms with Crippen molar-refractivity contribution in [3.63, 3.8) is 0 Å². The molecule has 5 rings (SSSR count). The fourth-order valence-corrected chi connectivity index (χ4v) is 6.57. The highest BCUT2D eigenvalue weighted by Gasteiger charge is 2.55. The van der Waals surface area contributed by atoms with Crippen molar-refractivity contribution in [1.82, 2.24) is 4.57 Å². The molecule has 1 saturated carbocycles. The lowest BCUT2D eigenvalue weighted by Crippen LogP contribution is -2.59. The zero-order valence-electron chi connectivity index (χ0n) is 24.2. The van der Waals surface area contributed by atoms with Crippen molar-refractivity contribution in [1.29, 1.82) is 0 Å². The van der Waals surface area contributed by atoms with Crippen molar-refractivity contribution in [2.24, 2.45) is 18.4 Å². The Balaban J connectivity index is 1.47. The molecule has 210 valence electrons. The molecule has 2 heterocycles. The van der Waals surface area contributed by atoms with E-state index in [4.69, 9.17) is 28.4 Å². The highest BCUT2D eigenvalue weighted by molar-refractivity contribution is 5.90. The van der Waals surface area contributed by atoms with Crippen LogP contribution in [0.1, 0.15) is 50.3 Å². The monoisotopic (exact) mass is 535 g/mol. The molecule has 1 aliphatic carbocycles. The van der Waals surface area contributed by atoms with E-state index in [1.54, 1.807) is 21.3 Å². The van der Waals surface area contributed by atoms with Crippen molar-refractivity contribution in [3.05, 3.63) is 53.2 Å². The van der Waals surface area contributed by atoms with Gasteiger partial charge in [-0.05, 0) is 78.6 Å². The van der Waals surface area contributed by atoms with Gasteiger partial charge in [-0.15, -0.1) is 0 Å². The predicted molar refractivity (Wildman–Crippen MR) is 153 cm³/mol. The average Bonchev–Trinajstić information content (AvgIpc) is 3.29. The predicted octanol–water partition coefficient (Wildman–Crippen LogP) is 6.46. The molecule has 1 aliphatic heterocycles. The van der Waals surface area contributed by atoms with E-state index in [1.165, 1.54) is 5.56 Å². The fraction of sp³-hybridized carbons (Fsp3) is 0.500. The van der Waals surface area contributed by atoms with E-state index in [1.807, 2.05) is 19.3 Å². The number of benzene rings is 2. The molecule has 0 saturated heterocycles. The molecule has 1 fully saturated rings. The van der Waals surface area contributed by atoms with Gasteiger partial charge >= 0.3 is 0 Å². The quantitative estimate of drug-likeness (QED) is 0.232. The van der Waals surface area contributed by atoms with Crippen LogP contribution in [0.25, 0.3) is 23.1 Å². The van der Waals surface area contributed by atoms with Gasteiger partial charge in [0, 0.05) is 38.8 Å². The standard InChI is InChI=1S/C32H41NO6/c1-31(2)28-18-23-14-21(8-9-22-15-25-24(11-13-33(25)4)26(16-22)37-19-34-5)17-27(36-7)30(23)39-32(28,3)12-10-29(31)38-20-35-6/h8-9,11,13-17,28-29H,10,12,18-20H2,1-7H3/b9-8+/t28-,29-,32-/m1/s1. The normalized spacial score (nSPS) is 23.9. The Morgan fingerprint density at radius 2 is 1.69 bits per heavy atom. The Morgan fingerprint density at radius 1 is 0.974 bits per heavy atom. The molecule has 2 aliphatic rings. The molecule has 0 amide bonds. The van der Waals surface area contributed by atoms with Gasteiger partial charge in [-0.2, -0.15) is 0 Å². The minimum Gasteiger partial charge on any atom is -0.493 e. The maximum atomic E-state index is 6.79. The van der Waals surface area contributed by atoms with Gasteiger partial charge in [0.1, 0.15) is 18.1 Å². The molecular formula is C32H41NO6. The molecule has 3 atom stereocenters. The second-order valence-electron chi connectivity index (χ2n) is 11.6. The minimum atomic E-state index is -0.281. The second-order valence-corrected chi connectivity index (χ2v) is 11.6. The van der Waals surface area contributed by atoms with Crippen LogP contribution in [0.2, 0.25) is 0 Å². The van der Waals surface area contributed by atoms with Crippen molar-refractivity contribution in [2.45, 2.75) is 51.7 Å². The largest absolute Gasteiger partial charge is 0.493 e. The van der Waals surface area contributed by atoms with Gasteiger partial charge in [-0.25, -0.2) is 0 Å². The van der Waals surface area contributed by atoms with Crippen LogP contribution < -0.4 is 14.2 Å². The fourth-order valence-electron chi connectivity index (χ4n) is 6.57. The maximum absolute atomic E-state index is 6.79. The summed E-state index contributed by atoms with van der Waals surface area (Å²) in [6, 6.07) is 10.6. The number of ether oxygens (including phenoxy) is 6. The van der Waals surface area contributed by atoms with E-state index < -0.39 is 0 Å². The van der Waals surface area contributed by atoms with Crippen molar-refractivity contribution in [2.75, 3.05) is 34.9 Å². The molecule has 0 unspecified atom stereocenters. The van der Waals surface area contributed by atoms with Crippen LogP contribution >= 0.6 is 0 Å². The number of rotatable bonds is 9. The third kappa shape index (κ3) is 5.15. The summed E-state index contributed by atoms with van der Waals surface area (Å²) >= 11 is 0. The third-order valence-electron chi connectivity index (χ3n) is 8.68. The SMILES string of the molecule is COCOc1cc(/C=C/c2cc3c(c(OC)c2)O[C@]2(C)CC[C@@H](OCOC)C(C)(C)[C@H]2C3)cc2c1ccn2C. The molecule has 0 N–H and O–H groups in total. The summed E-state index contributed by atoms with van der Waals surface area (Å²) in [7, 11) is 7.05. The van der Waals surface area contributed by atoms with E-state index in [9.17, 15) is 0 Å². The van der Waals surface area contributed by atoms with E-state index in [0.717, 1.165) is 58.5 Å². The topological polar surface area (TPSA) is 60.3 Å². The summed E-state index contributed by atoms with van der Waals surface area (Å²) in [6.45, 7) is 7.35. The summed E-state index contributed by atoms with van der Waals surface area (Å²) in [5, 5.41) is 1.06. The van der Waals surface area contributed by atoms with Gasteiger partial charge in [-0.3, -0.25) is 0 Å². The molecule has 2 aromatic carbocycles. The second kappa shape index (κ2) is 10.9. The molecule has 39 heavy (non-hydrogen) atoms. The van der Waals surface area contributed by atoms with Crippen molar-refractivity contribution < 1.29 is 28.4 Å². The first-order valence-corrected chi connectivity index (χ1v) is 13.6. The number of methoxy groups -OCH3 is 3. The Kier molecular flexibility index (Phi) is 7.68. The van der Waals surface area contributed by atoms with Crippen LogP contribution in [0.5, 0.6) is 17.2 Å². The molecule has 7 nitrogen and oxygen atoms in total. The Bertz CT molecular complexity index is 1360. The van der Waals surface area contributed by atoms with Crippen molar-refractivity contribution >= 4 is 23.1 Å². The number of hydrogen-bond acceptors (Lipinski definition) is 6. The van der Waals surface area contributed by atoms with Gasteiger partial charge in [0.15, 0.2) is 18.3 Å². The first kappa shape index (κ1) is 27.6. The minimum absolute atomic E-state index is 0.0780. The van der Waals surface area contributed by atoms with E-state index in [2.05, 4.69) is 61.8 Å². The highest BCUT2D eigenvalue weighted by Crippen LogP contribution is 2.55. The molecule has 3 aromatic rings. The summed E-state index contributed by atoms with van der Waals surface area (Å²) in [4.78, 5) is 0. The van der Waals surface area contributed by atoms with Crippen molar-refractivity contribution in [3.8, 4) is 17.2 Å². The van der Waals surface area contributed by atoms with Crippen LogP contribution in [-0.4, -0.2) is 51.2 Å². The number of nitrogens with zero attached hydrogens (tertiary/aromatic N) is 1. The zero-order valence-corrected chi connectivity index (χ0v) is 24.2. The van der Waals surface area contributed by atoms with Gasteiger partial charge in [0.25, 0.3) is 0 Å². The smallest absolute Gasteiger partial charge is 0.188 e. The van der Waals surface area contributed by atoms with Gasteiger partial charge in [0.05, 0.1) is 18.7 Å². The lowest BCUT2D eigenvalue weighted by Gasteiger charge is -2.56. The van der Waals surface area contributed by atoms with E-state index in [-0.39, 0.29) is 29.8 Å². The average molecular weight is 536 g/mol. The number of aryl methyl sites for hydroxylation is 1. The number of aromatic nitrogens is 1. The van der Waals surface area contributed by atoms with Crippen LogP contribution in [0, 0.1) is 11.3 Å². The summed E-state index contributed by atoms with van der Waals surface area (Å²) < 4.78 is 37.1.